The average Bonchev–Trinajstić information content (AvgIpc) is 3.17. The van der Waals surface area contributed by atoms with Gasteiger partial charge in [-0.05, 0) is 37.3 Å². The van der Waals surface area contributed by atoms with Gasteiger partial charge in [-0.2, -0.15) is 0 Å². The highest BCUT2D eigenvalue weighted by molar-refractivity contribution is 7.99. The quantitative estimate of drug-likeness (QED) is 0.389. The minimum Gasteiger partial charge on any atom is -0.345 e. The van der Waals surface area contributed by atoms with Crippen molar-refractivity contribution in [3.63, 3.8) is 0 Å². The number of aryl methyl sites for hydroxylation is 1. The van der Waals surface area contributed by atoms with E-state index >= 15 is 0 Å². The van der Waals surface area contributed by atoms with Gasteiger partial charge in [0.05, 0.1) is 4.70 Å². The number of benzene rings is 2. The summed E-state index contributed by atoms with van der Waals surface area (Å²) < 4.78 is 27.8. The van der Waals surface area contributed by atoms with Gasteiger partial charge in [0.25, 0.3) is 0 Å². The molecule has 4 rings (SSSR count). The Labute approximate surface area is 182 Å². The molecule has 8 heteroatoms. The highest BCUT2D eigenvalue weighted by Crippen LogP contribution is 2.31. The van der Waals surface area contributed by atoms with Gasteiger partial charge in [-0.1, -0.05) is 29.0 Å². The van der Waals surface area contributed by atoms with E-state index in [-0.39, 0.29) is 11.4 Å². The molecule has 30 heavy (non-hydrogen) atoms. The molecule has 0 spiro atoms. The van der Waals surface area contributed by atoms with Crippen molar-refractivity contribution in [2.45, 2.75) is 24.7 Å². The van der Waals surface area contributed by atoms with Crippen LogP contribution in [0.3, 0.4) is 0 Å². The van der Waals surface area contributed by atoms with E-state index in [4.69, 9.17) is 0 Å². The summed E-state index contributed by atoms with van der Waals surface area (Å²) in [4.78, 5) is 22.0. The molecule has 1 aromatic heterocycles. The summed E-state index contributed by atoms with van der Waals surface area (Å²) >= 11 is 3.06. The van der Waals surface area contributed by atoms with E-state index in [2.05, 4.69) is 36.2 Å². The van der Waals surface area contributed by atoms with E-state index in [1.165, 1.54) is 27.9 Å². The number of amides is 1. The van der Waals surface area contributed by atoms with E-state index in [0.29, 0.717) is 42.4 Å². The van der Waals surface area contributed by atoms with Gasteiger partial charge in [-0.3, -0.25) is 4.79 Å². The van der Waals surface area contributed by atoms with Crippen LogP contribution >= 0.6 is 23.1 Å². The number of hydrogen-bond acceptors (Lipinski definition) is 5. The number of carbonyl (C=O) groups excluding carboxylic acids is 1. The fourth-order valence-corrected chi connectivity index (χ4v) is 5.34. The zero-order valence-corrected chi connectivity index (χ0v) is 18.4. The Balaban J connectivity index is 1.24. The Bertz CT molecular complexity index is 1030. The fourth-order valence-electron chi connectivity index (χ4n) is 3.43. The van der Waals surface area contributed by atoms with E-state index in [9.17, 15) is 13.6 Å². The lowest BCUT2D eigenvalue weighted by Crippen LogP contribution is -2.48. The second-order valence-corrected chi connectivity index (χ2v) is 9.54. The lowest BCUT2D eigenvalue weighted by Gasteiger charge is -2.34. The largest absolute Gasteiger partial charge is 0.345 e. The molecule has 0 radical (unpaired) electrons. The summed E-state index contributed by atoms with van der Waals surface area (Å²) in [7, 11) is 0. The third kappa shape index (κ3) is 4.92. The van der Waals surface area contributed by atoms with Crippen LogP contribution in [0.5, 0.6) is 0 Å². The third-order valence-electron chi connectivity index (χ3n) is 5.13. The van der Waals surface area contributed by atoms with Gasteiger partial charge in [0.2, 0.25) is 5.91 Å². The smallest absolute Gasteiger partial charge is 0.222 e. The lowest BCUT2D eigenvalue weighted by atomic mass is 10.2. The number of nitrogens with zero attached hydrogens (tertiary/aromatic N) is 3. The summed E-state index contributed by atoms with van der Waals surface area (Å²) in [6.45, 7) is 4.61. The summed E-state index contributed by atoms with van der Waals surface area (Å²) in [5.41, 5.74) is 1.46. The van der Waals surface area contributed by atoms with Crippen LogP contribution in [0.4, 0.5) is 13.9 Å². The van der Waals surface area contributed by atoms with Crippen molar-refractivity contribution in [1.29, 1.82) is 0 Å². The number of piperazine rings is 1. The number of aromatic nitrogens is 1. The summed E-state index contributed by atoms with van der Waals surface area (Å²) in [6, 6.07) is 10.6. The van der Waals surface area contributed by atoms with Gasteiger partial charge in [-0.15, -0.1) is 11.8 Å². The summed E-state index contributed by atoms with van der Waals surface area (Å²) in [6.07, 6.45) is 1.39. The first kappa shape index (κ1) is 21.1. The monoisotopic (exact) mass is 447 g/mol. The van der Waals surface area contributed by atoms with Crippen molar-refractivity contribution >= 4 is 44.4 Å². The average molecular weight is 448 g/mol. The predicted molar refractivity (Wildman–Crippen MR) is 119 cm³/mol. The van der Waals surface area contributed by atoms with Gasteiger partial charge < -0.3 is 9.80 Å². The SMILES string of the molecule is Cc1ccc(SCCCC(=O)N2CCN(c3nc4c(F)cc(F)cc4s3)CC2)cc1. The van der Waals surface area contributed by atoms with Crippen molar-refractivity contribution in [2.24, 2.45) is 0 Å². The molecule has 0 unspecified atom stereocenters. The summed E-state index contributed by atoms with van der Waals surface area (Å²) in [5, 5.41) is 0.677. The van der Waals surface area contributed by atoms with Gasteiger partial charge in [0.15, 0.2) is 10.9 Å². The van der Waals surface area contributed by atoms with Crippen molar-refractivity contribution < 1.29 is 13.6 Å². The molecule has 158 valence electrons. The molecule has 1 aliphatic rings. The van der Waals surface area contributed by atoms with Gasteiger partial charge >= 0.3 is 0 Å². The number of carbonyl (C=O) groups is 1. The molecule has 1 aliphatic heterocycles. The van der Waals surface area contributed by atoms with E-state index in [0.717, 1.165) is 18.2 Å². The fraction of sp³-hybridized carbons (Fsp3) is 0.364. The highest BCUT2D eigenvalue weighted by Gasteiger charge is 2.23. The minimum atomic E-state index is -0.634. The number of anilines is 1. The first-order valence-corrected chi connectivity index (χ1v) is 11.8. The predicted octanol–water partition coefficient (Wildman–Crippen LogP) is 5.10. The molecule has 2 aromatic carbocycles. The number of fused-ring (bicyclic) bond motifs is 1. The molecule has 0 bridgehead atoms. The molecule has 0 aliphatic carbocycles. The van der Waals surface area contributed by atoms with Crippen molar-refractivity contribution in [2.75, 3.05) is 36.8 Å². The van der Waals surface area contributed by atoms with Crippen molar-refractivity contribution in [1.82, 2.24) is 9.88 Å². The van der Waals surface area contributed by atoms with Crippen LogP contribution in [0.15, 0.2) is 41.3 Å². The molecule has 4 nitrogen and oxygen atoms in total. The molecular weight excluding hydrogens is 424 g/mol. The maximum Gasteiger partial charge on any atom is 0.222 e. The number of thioether (sulfide) groups is 1. The van der Waals surface area contributed by atoms with Crippen LogP contribution in [0.25, 0.3) is 10.2 Å². The maximum atomic E-state index is 13.9. The van der Waals surface area contributed by atoms with Crippen LogP contribution in [-0.2, 0) is 4.79 Å². The Morgan fingerprint density at radius 3 is 2.60 bits per heavy atom. The molecule has 1 amide bonds. The Morgan fingerprint density at radius 1 is 1.13 bits per heavy atom. The molecule has 0 N–H and O–H groups in total. The Morgan fingerprint density at radius 2 is 1.87 bits per heavy atom. The lowest BCUT2D eigenvalue weighted by molar-refractivity contribution is -0.131. The second-order valence-electron chi connectivity index (χ2n) is 7.36. The van der Waals surface area contributed by atoms with E-state index in [1.807, 2.05) is 9.80 Å². The molecule has 1 saturated heterocycles. The van der Waals surface area contributed by atoms with Crippen molar-refractivity contribution in [3.05, 3.63) is 53.6 Å². The minimum absolute atomic E-state index is 0.177. The number of thiazole rings is 1. The summed E-state index contributed by atoms with van der Waals surface area (Å²) in [5.74, 6) is -0.129. The Hall–Kier alpha value is -2.19. The molecule has 0 saturated carbocycles. The van der Waals surface area contributed by atoms with Crippen LogP contribution < -0.4 is 4.90 Å². The highest BCUT2D eigenvalue weighted by atomic mass is 32.2. The Kier molecular flexibility index (Phi) is 6.53. The van der Waals surface area contributed by atoms with Crippen LogP contribution in [0.1, 0.15) is 18.4 Å². The molecular formula is C22H23F2N3OS2. The van der Waals surface area contributed by atoms with Gasteiger partial charge in [-0.25, -0.2) is 13.8 Å². The van der Waals surface area contributed by atoms with E-state index in [1.54, 1.807) is 11.8 Å². The van der Waals surface area contributed by atoms with E-state index < -0.39 is 11.6 Å². The first-order chi connectivity index (χ1) is 14.5. The normalized spacial score (nSPS) is 14.5. The molecule has 3 aromatic rings. The van der Waals surface area contributed by atoms with Gasteiger partial charge in [0, 0.05) is 43.6 Å². The van der Waals surface area contributed by atoms with Crippen LogP contribution in [0.2, 0.25) is 0 Å². The maximum absolute atomic E-state index is 13.9. The topological polar surface area (TPSA) is 36.4 Å². The number of halogens is 2. The van der Waals surface area contributed by atoms with Crippen LogP contribution in [-0.4, -0.2) is 47.7 Å². The zero-order chi connectivity index (χ0) is 21.1. The van der Waals surface area contributed by atoms with Crippen molar-refractivity contribution in [3.8, 4) is 0 Å². The van der Waals surface area contributed by atoms with Gasteiger partial charge in [0.1, 0.15) is 11.3 Å². The number of rotatable bonds is 6. The molecule has 2 heterocycles. The second kappa shape index (κ2) is 9.31. The third-order valence-corrected chi connectivity index (χ3v) is 7.29. The molecule has 1 fully saturated rings. The standard InChI is InChI=1S/C22H23F2N3OS2/c1-15-4-6-17(7-5-15)29-12-2-3-20(28)26-8-10-27(11-9-26)22-25-21-18(24)13-16(23)14-19(21)30-22/h4-7,13-14H,2-3,8-12H2,1H3. The molecule has 0 atom stereocenters. The van der Waals surface area contributed by atoms with Crippen LogP contribution in [0, 0.1) is 18.6 Å². The number of hydrogen-bond donors (Lipinski definition) is 0. The zero-order valence-electron chi connectivity index (χ0n) is 16.7. The first-order valence-electron chi connectivity index (χ1n) is 9.97.